The average molecular weight is 571 g/mol. The highest BCUT2D eigenvalue weighted by Gasteiger charge is 2.30. The van der Waals surface area contributed by atoms with Crippen molar-refractivity contribution in [2.45, 2.75) is 31.7 Å². The molecule has 0 aromatic heterocycles. The Morgan fingerprint density at radius 1 is 0.861 bits per heavy atom. The van der Waals surface area contributed by atoms with Crippen LogP contribution in [0, 0.1) is 13.8 Å². The van der Waals surface area contributed by atoms with E-state index in [1.807, 2.05) is 0 Å². The summed E-state index contributed by atoms with van der Waals surface area (Å²) >= 11 is 12.0. The van der Waals surface area contributed by atoms with Crippen LogP contribution in [0.4, 0.5) is 17.1 Å². The second kappa shape index (κ2) is 10.7. The Labute approximate surface area is 221 Å². The van der Waals surface area contributed by atoms with Gasteiger partial charge in [0.05, 0.1) is 22.5 Å². The zero-order valence-electron chi connectivity index (χ0n) is 19.9. The molecule has 0 unspecified atom stereocenters. The molecule has 0 saturated heterocycles. The van der Waals surface area contributed by atoms with Gasteiger partial charge in [-0.15, -0.1) is 0 Å². The van der Waals surface area contributed by atoms with Crippen LogP contribution >= 0.6 is 23.2 Å². The smallest absolute Gasteiger partial charge is 0.261 e. The lowest BCUT2D eigenvalue weighted by molar-refractivity contribution is -0.116. The van der Waals surface area contributed by atoms with Crippen molar-refractivity contribution in [1.82, 2.24) is 0 Å². The number of aryl methyl sites for hydroxylation is 2. The first-order chi connectivity index (χ1) is 16.7. The summed E-state index contributed by atoms with van der Waals surface area (Å²) in [6.07, 6.45) is 1.01. The number of carbonyl (C=O) groups is 1. The van der Waals surface area contributed by atoms with Gasteiger partial charge in [-0.1, -0.05) is 35.3 Å². The molecule has 0 spiro atoms. The summed E-state index contributed by atoms with van der Waals surface area (Å²) in [6.45, 7) is 4.91. The van der Waals surface area contributed by atoms with E-state index in [1.54, 1.807) is 38.1 Å². The van der Waals surface area contributed by atoms with Gasteiger partial charge in [-0.05, 0) is 80.4 Å². The normalized spacial score (nSPS) is 12.6. The quantitative estimate of drug-likeness (QED) is 0.387. The molecule has 12 heteroatoms. The fourth-order valence-electron chi connectivity index (χ4n) is 3.47. The second-order valence-corrected chi connectivity index (χ2v) is 12.7. The van der Waals surface area contributed by atoms with Gasteiger partial charge in [0, 0.05) is 15.7 Å². The van der Waals surface area contributed by atoms with Crippen LogP contribution in [-0.4, -0.2) is 35.0 Å². The standard InChI is InChI=1S/C24H25Cl2N3O5S2/c1-15-5-7-18(25)13-22(15)28-36(33,34)21-11-9-20(10-12-21)27-24(30)17(3)29(35(4,31)32)23-14-19(26)8-6-16(23)2/h5-14,17,28H,1-4H3,(H,27,30)/t17-/m1/s1. The maximum Gasteiger partial charge on any atom is 0.261 e. The number of benzene rings is 3. The van der Waals surface area contributed by atoms with E-state index in [0.29, 0.717) is 32.5 Å². The average Bonchev–Trinajstić information content (AvgIpc) is 2.78. The van der Waals surface area contributed by atoms with E-state index in [0.717, 1.165) is 10.6 Å². The van der Waals surface area contributed by atoms with Crippen LogP contribution in [0.3, 0.4) is 0 Å². The zero-order valence-corrected chi connectivity index (χ0v) is 23.1. The molecule has 3 rings (SSSR count). The number of rotatable bonds is 8. The fourth-order valence-corrected chi connectivity index (χ4v) is 6.16. The van der Waals surface area contributed by atoms with Crippen LogP contribution in [0.2, 0.25) is 10.0 Å². The molecule has 0 aliphatic heterocycles. The molecule has 0 bridgehead atoms. The van der Waals surface area contributed by atoms with Crippen molar-refractivity contribution >= 4 is 66.2 Å². The molecule has 0 aliphatic rings. The van der Waals surface area contributed by atoms with Gasteiger partial charge in [-0.2, -0.15) is 0 Å². The van der Waals surface area contributed by atoms with Gasteiger partial charge in [-0.3, -0.25) is 13.8 Å². The molecule has 1 amide bonds. The van der Waals surface area contributed by atoms with E-state index in [-0.39, 0.29) is 10.6 Å². The van der Waals surface area contributed by atoms with Gasteiger partial charge in [0.15, 0.2) is 0 Å². The third-order valence-electron chi connectivity index (χ3n) is 5.37. The maximum absolute atomic E-state index is 13.0. The number of sulfonamides is 2. The molecule has 8 nitrogen and oxygen atoms in total. The van der Waals surface area contributed by atoms with Gasteiger partial charge in [-0.25, -0.2) is 16.8 Å². The number of nitrogens with zero attached hydrogens (tertiary/aromatic N) is 1. The minimum absolute atomic E-state index is 0.0276. The van der Waals surface area contributed by atoms with Gasteiger partial charge in [0.25, 0.3) is 10.0 Å². The predicted molar refractivity (Wildman–Crippen MR) is 145 cm³/mol. The van der Waals surface area contributed by atoms with Crippen LogP contribution in [0.15, 0.2) is 65.6 Å². The van der Waals surface area contributed by atoms with E-state index < -0.39 is 32.0 Å². The Morgan fingerprint density at radius 2 is 1.42 bits per heavy atom. The molecule has 0 saturated carbocycles. The lowest BCUT2D eigenvalue weighted by Gasteiger charge is -2.29. The first kappa shape index (κ1) is 27.8. The largest absolute Gasteiger partial charge is 0.324 e. The van der Waals surface area contributed by atoms with Gasteiger partial charge in [0.2, 0.25) is 15.9 Å². The topological polar surface area (TPSA) is 113 Å². The SMILES string of the molecule is Cc1ccc(Cl)cc1NS(=O)(=O)c1ccc(NC(=O)[C@@H](C)N(c2cc(Cl)ccc2C)S(C)(=O)=O)cc1. The highest BCUT2D eigenvalue weighted by molar-refractivity contribution is 7.92. The molecule has 3 aromatic carbocycles. The maximum atomic E-state index is 13.0. The van der Waals surface area contributed by atoms with Crippen molar-refractivity contribution in [3.05, 3.63) is 81.8 Å². The predicted octanol–water partition coefficient (Wildman–Crippen LogP) is 5.20. The minimum atomic E-state index is -3.91. The Bertz CT molecular complexity index is 1510. The molecule has 3 aromatic rings. The second-order valence-electron chi connectivity index (χ2n) is 8.24. The van der Waals surface area contributed by atoms with E-state index in [4.69, 9.17) is 23.2 Å². The van der Waals surface area contributed by atoms with Gasteiger partial charge < -0.3 is 5.32 Å². The van der Waals surface area contributed by atoms with Crippen molar-refractivity contribution in [2.24, 2.45) is 0 Å². The molecule has 0 aliphatic carbocycles. The van der Waals surface area contributed by atoms with Crippen LogP contribution < -0.4 is 14.3 Å². The number of nitrogens with one attached hydrogen (secondary N) is 2. The summed E-state index contributed by atoms with van der Waals surface area (Å²) in [5.74, 6) is -0.608. The highest BCUT2D eigenvalue weighted by atomic mass is 35.5. The minimum Gasteiger partial charge on any atom is -0.324 e. The molecule has 36 heavy (non-hydrogen) atoms. The Balaban J connectivity index is 1.81. The van der Waals surface area contributed by atoms with Crippen LogP contribution in [-0.2, 0) is 24.8 Å². The lowest BCUT2D eigenvalue weighted by atomic mass is 10.1. The van der Waals surface area contributed by atoms with E-state index >= 15 is 0 Å². The summed E-state index contributed by atoms with van der Waals surface area (Å²) in [4.78, 5) is 12.9. The number of hydrogen-bond donors (Lipinski definition) is 2. The zero-order chi connectivity index (χ0) is 26.8. The first-order valence-corrected chi connectivity index (χ1v) is 14.7. The first-order valence-electron chi connectivity index (χ1n) is 10.6. The molecule has 1 atom stereocenters. The van der Waals surface area contributed by atoms with Crippen molar-refractivity contribution in [1.29, 1.82) is 0 Å². The molecular formula is C24H25Cl2N3O5S2. The molecular weight excluding hydrogens is 545 g/mol. The third kappa shape index (κ3) is 6.50. The van der Waals surface area contributed by atoms with Crippen LogP contribution in [0.5, 0.6) is 0 Å². The Kier molecular flexibility index (Phi) is 8.24. The van der Waals surface area contributed by atoms with Crippen molar-refractivity contribution in [3.8, 4) is 0 Å². The summed E-state index contributed by atoms with van der Waals surface area (Å²) in [6, 6.07) is 14.0. The third-order valence-corrected chi connectivity index (χ3v) is 8.45. The highest BCUT2D eigenvalue weighted by Crippen LogP contribution is 2.29. The molecule has 192 valence electrons. The van der Waals surface area contributed by atoms with Crippen molar-refractivity contribution < 1.29 is 21.6 Å². The van der Waals surface area contributed by atoms with Gasteiger partial charge >= 0.3 is 0 Å². The number of amides is 1. The molecule has 0 fully saturated rings. The van der Waals surface area contributed by atoms with E-state index in [9.17, 15) is 21.6 Å². The number of carbonyl (C=O) groups excluding carboxylic acids is 1. The molecule has 0 heterocycles. The summed E-state index contributed by atoms with van der Waals surface area (Å²) in [7, 11) is -7.75. The van der Waals surface area contributed by atoms with Crippen LogP contribution in [0.1, 0.15) is 18.1 Å². The van der Waals surface area contributed by atoms with Crippen molar-refractivity contribution in [3.63, 3.8) is 0 Å². The fraction of sp³-hybridized carbons (Fsp3) is 0.208. The Morgan fingerprint density at radius 3 is 2.00 bits per heavy atom. The summed E-state index contributed by atoms with van der Waals surface area (Å²) in [5.41, 5.74) is 2.26. The molecule has 2 N–H and O–H groups in total. The summed E-state index contributed by atoms with van der Waals surface area (Å²) in [5, 5.41) is 3.35. The number of hydrogen-bond acceptors (Lipinski definition) is 5. The molecule has 0 radical (unpaired) electrons. The van der Waals surface area contributed by atoms with Crippen molar-refractivity contribution in [2.75, 3.05) is 20.6 Å². The van der Waals surface area contributed by atoms with E-state index in [1.165, 1.54) is 43.3 Å². The summed E-state index contributed by atoms with van der Waals surface area (Å²) < 4.78 is 54.2. The van der Waals surface area contributed by atoms with Gasteiger partial charge in [0.1, 0.15) is 6.04 Å². The van der Waals surface area contributed by atoms with Crippen LogP contribution in [0.25, 0.3) is 0 Å². The number of anilines is 3. The number of halogens is 2. The van der Waals surface area contributed by atoms with E-state index in [2.05, 4.69) is 10.0 Å². The lowest BCUT2D eigenvalue weighted by Crippen LogP contribution is -2.45. The Hall–Kier alpha value is -2.79. The monoisotopic (exact) mass is 569 g/mol.